The lowest BCUT2D eigenvalue weighted by molar-refractivity contribution is -0.136. The maximum absolute atomic E-state index is 13.4. The van der Waals surface area contributed by atoms with Gasteiger partial charge in [-0.25, -0.2) is 4.39 Å². The maximum Gasteiger partial charge on any atom is 0.313 e. The predicted octanol–water partition coefficient (Wildman–Crippen LogP) is 2.30. The molecule has 0 fully saturated rings. The van der Waals surface area contributed by atoms with Crippen LogP contribution in [0.2, 0.25) is 0 Å². The molecule has 0 aromatic heterocycles. The third kappa shape index (κ3) is 4.44. The van der Waals surface area contributed by atoms with Crippen molar-refractivity contribution in [2.24, 2.45) is 5.92 Å². The Morgan fingerprint density at radius 2 is 2.00 bits per heavy atom. The van der Waals surface area contributed by atoms with E-state index in [0.29, 0.717) is 11.0 Å². The third-order valence-electron chi connectivity index (χ3n) is 2.06. The lowest BCUT2D eigenvalue weighted by atomic mass is 10.2. The third-order valence-corrected chi connectivity index (χ3v) is 2.55. The zero-order valence-corrected chi connectivity index (χ0v) is 11.7. The summed E-state index contributed by atoms with van der Waals surface area (Å²) in [6.07, 6.45) is 0. The average Bonchev–Trinajstić information content (AvgIpc) is 2.29. The molecule has 1 aromatic carbocycles. The van der Waals surface area contributed by atoms with Crippen LogP contribution in [0.25, 0.3) is 0 Å². The number of halogens is 2. The maximum atomic E-state index is 13.4. The second-order valence-electron chi connectivity index (χ2n) is 4.18. The largest absolute Gasteiger partial charge is 0.348 e. The number of hydrogen-bond donors (Lipinski definition) is 2. The molecule has 98 valence electrons. The van der Waals surface area contributed by atoms with E-state index >= 15 is 0 Å². The first kappa shape index (κ1) is 14.6. The fraction of sp³-hybridized carbons (Fsp3) is 0.333. The Balaban J connectivity index is 2.61. The van der Waals surface area contributed by atoms with Crippen LogP contribution in [0.1, 0.15) is 13.8 Å². The van der Waals surface area contributed by atoms with Gasteiger partial charge < -0.3 is 10.6 Å². The zero-order chi connectivity index (χ0) is 13.7. The van der Waals surface area contributed by atoms with Crippen LogP contribution in [0.15, 0.2) is 22.7 Å². The van der Waals surface area contributed by atoms with Crippen molar-refractivity contribution < 1.29 is 14.0 Å². The summed E-state index contributed by atoms with van der Waals surface area (Å²) in [7, 11) is 0. The van der Waals surface area contributed by atoms with Gasteiger partial charge in [-0.3, -0.25) is 9.59 Å². The molecule has 2 amide bonds. The summed E-state index contributed by atoms with van der Waals surface area (Å²) in [4.78, 5) is 22.8. The predicted molar refractivity (Wildman–Crippen MR) is 70.6 cm³/mol. The number of carbonyl (C=O) groups excluding carboxylic acids is 2. The minimum atomic E-state index is -0.878. The smallest absolute Gasteiger partial charge is 0.313 e. The SMILES string of the molecule is CC(C)CNC(=O)C(=O)Nc1ccc(Br)cc1F. The molecule has 0 aliphatic carbocycles. The number of rotatable bonds is 3. The Morgan fingerprint density at radius 1 is 1.33 bits per heavy atom. The molecule has 0 spiro atoms. The van der Waals surface area contributed by atoms with Crippen molar-refractivity contribution in [3.05, 3.63) is 28.5 Å². The highest BCUT2D eigenvalue weighted by Crippen LogP contribution is 2.19. The van der Waals surface area contributed by atoms with Crippen LogP contribution >= 0.6 is 15.9 Å². The van der Waals surface area contributed by atoms with Crippen LogP contribution in [0.4, 0.5) is 10.1 Å². The summed E-state index contributed by atoms with van der Waals surface area (Å²) in [5, 5.41) is 4.66. The Morgan fingerprint density at radius 3 is 2.56 bits per heavy atom. The number of hydrogen-bond acceptors (Lipinski definition) is 2. The monoisotopic (exact) mass is 316 g/mol. The van der Waals surface area contributed by atoms with Gasteiger partial charge in [-0.1, -0.05) is 29.8 Å². The lowest BCUT2D eigenvalue weighted by Gasteiger charge is -2.08. The van der Waals surface area contributed by atoms with Gasteiger partial charge in [0.15, 0.2) is 0 Å². The molecule has 1 aromatic rings. The summed E-state index contributed by atoms with van der Waals surface area (Å²) in [5.41, 5.74) is -0.0251. The van der Waals surface area contributed by atoms with Crippen LogP contribution in [-0.2, 0) is 9.59 Å². The van der Waals surface area contributed by atoms with Gasteiger partial charge in [0.25, 0.3) is 0 Å². The molecule has 18 heavy (non-hydrogen) atoms. The quantitative estimate of drug-likeness (QED) is 0.841. The van der Waals surface area contributed by atoms with Gasteiger partial charge in [-0.05, 0) is 24.1 Å². The Labute approximate surface area is 113 Å². The van der Waals surface area contributed by atoms with E-state index in [1.807, 2.05) is 13.8 Å². The molecule has 0 atom stereocenters. The first-order chi connectivity index (χ1) is 8.40. The van der Waals surface area contributed by atoms with Gasteiger partial charge in [-0.15, -0.1) is 0 Å². The highest BCUT2D eigenvalue weighted by atomic mass is 79.9. The molecule has 6 heteroatoms. The van der Waals surface area contributed by atoms with Gasteiger partial charge in [0.2, 0.25) is 0 Å². The first-order valence-electron chi connectivity index (χ1n) is 5.44. The molecule has 0 unspecified atom stereocenters. The van der Waals surface area contributed by atoms with Crippen molar-refractivity contribution in [1.29, 1.82) is 0 Å². The van der Waals surface area contributed by atoms with Crippen molar-refractivity contribution >= 4 is 33.4 Å². The first-order valence-corrected chi connectivity index (χ1v) is 6.23. The molecule has 4 nitrogen and oxygen atoms in total. The molecule has 0 saturated heterocycles. The molecule has 0 bridgehead atoms. The van der Waals surface area contributed by atoms with E-state index in [-0.39, 0.29) is 11.6 Å². The van der Waals surface area contributed by atoms with Crippen LogP contribution < -0.4 is 10.6 Å². The van der Waals surface area contributed by atoms with E-state index in [4.69, 9.17) is 0 Å². The Hall–Kier alpha value is -1.43. The average molecular weight is 317 g/mol. The number of carbonyl (C=O) groups is 2. The van der Waals surface area contributed by atoms with Crippen LogP contribution in [0.3, 0.4) is 0 Å². The molecule has 0 aliphatic heterocycles. The molecule has 0 heterocycles. The summed E-state index contributed by atoms with van der Waals surface area (Å²) in [6, 6.07) is 4.17. The highest BCUT2D eigenvalue weighted by molar-refractivity contribution is 9.10. The van der Waals surface area contributed by atoms with E-state index in [9.17, 15) is 14.0 Å². The van der Waals surface area contributed by atoms with Crippen molar-refractivity contribution in [2.75, 3.05) is 11.9 Å². The van der Waals surface area contributed by atoms with Crippen molar-refractivity contribution in [3.8, 4) is 0 Å². The van der Waals surface area contributed by atoms with Gasteiger partial charge in [0.05, 0.1) is 5.69 Å². The summed E-state index contributed by atoms with van der Waals surface area (Å²) in [6.45, 7) is 4.22. The zero-order valence-electron chi connectivity index (χ0n) is 10.1. The highest BCUT2D eigenvalue weighted by Gasteiger charge is 2.15. The Bertz CT molecular complexity index is 463. The number of benzene rings is 1. The normalized spacial score (nSPS) is 10.3. The van der Waals surface area contributed by atoms with Crippen LogP contribution in [-0.4, -0.2) is 18.4 Å². The second kappa shape index (κ2) is 6.49. The van der Waals surface area contributed by atoms with E-state index in [1.165, 1.54) is 12.1 Å². The lowest BCUT2D eigenvalue weighted by Crippen LogP contribution is -2.37. The molecule has 1 rings (SSSR count). The minimum absolute atomic E-state index is 0.0251. The fourth-order valence-corrected chi connectivity index (χ4v) is 1.48. The van der Waals surface area contributed by atoms with Gasteiger partial charge >= 0.3 is 11.8 Å². The molecular weight excluding hydrogens is 303 g/mol. The number of amides is 2. The van der Waals surface area contributed by atoms with E-state index in [1.54, 1.807) is 6.07 Å². The summed E-state index contributed by atoms with van der Waals surface area (Å²) < 4.78 is 14.0. The molecule has 0 radical (unpaired) electrons. The standard InChI is InChI=1S/C12H14BrFN2O2/c1-7(2)6-15-11(17)12(18)16-10-4-3-8(13)5-9(10)14/h3-5,7H,6H2,1-2H3,(H,15,17)(H,16,18). The van der Waals surface area contributed by atoms with E-state index < -0.39 is 17.6 Å². The van der Waals surface area contributed by atoms with E-state index in [0.717, 1.165) is 0 Å². The van der Waals surface area contributed by atoms with Gasteiger partial charge in [0, 0.05) is 11.0 Å². The summed E-state index contributed by atoms with van der Waals surface area (Å²) >= 11 is 3.10. The van der Waals surface area contributed by atoms with Crippen molar-refractivity contribution in [3.63, 3.8) is 0 Å². The molecular formula is C12H14BrFN2O2. The number of nitrogens with one attached hydrogen (secondary N) is 2. The fourth-order valence-electron chi connectivity index (χ4n) is 1.15. The van der Waals surface area contributed by atoms with Crippen LogP contribution in [0.5, 0.6) is 0 Å². The Kier molecular flexibility index (Phi) is 5.27. The van der Waals surface area contributed by atoms with Crippen molar-refractivity contribution in [2.45, 2.75) is 13.8 Å². The summed E-state index contributed by atoms with van der Waals surface area (Å²) in [5.74, 6) is -2.01. The number of anilines is 1. The van der Waals surface area contributed by atoms with E-state index in [2.05, 4.69) is 26.6 Å². The molecule has 0 aliphatic rings. The van der Waals surface area contributed by atoms with Crippen molar-refractivity contribution in [1.82, 2.24) is 5.32 Å². The molecule has 0 saturated carbocycles. The van der Waals surface area contributed by atoms with Gasteiger partial charge in [0.1, 0.15) is 5.82 Å². The topological polar surface area (TPSA) is 58.2 Å². The van der Waals surface area contributed by atoms with Crippen LogP contribution in [0, 0.1) is 11.7 Å². The minimum Gasteiger partial charge on any atom is -0.348 e. The second-order valence-corrected chi connectivity index (χ2v) is 5.10. The molecule has 2 N–H and O–H groups in total. The van der Waals surface area contributed by atoms with Gasteiger partial charge in [-0.2, -0.15) is 0 Å².